The van der Waals surface area contributed by atoms with Crippen LogP contribution >= 0.6 is 0 Å². The molecule has 0 unspecified atom stereocenters. The number of hydrogen-bond acceptors (Lipinski definition) is 2. The zero-order valence-corrected chi connectivity index (χ0v) is 10.8. The van der Waals surface area contributed by atoms with Crippen LogP contribution in [0.2, 0.25) is 0 Å². The van der Waals surface area contributed by atoms with Gasteiger partial charge in [-0.3, -0.25) is 9.48 Å². The van der Waals surface area contributed by atoms with Gasteiger partial charge in [0.1, 0.15) is 5.69 Å². The minimum atomic E-state index is -0.0356. The van der Waals surface area contributed by atoms with Crippen LogP contribution in [0.1, 0.15) is 39.3 Å². The summed E-state index contributed by atoms with van der Waals surface area (Å²) >= 11 is 0. The van der Waals surface area contributed by atoms with Crippen molar-refractivity contribution in [3.63, 3.8) is 0 Å². The Morgan fingerprint density at radius 2 is 2.00 bits per heavy atom. The Morgan fingerprint density at radius 3 is 2.50 bits per heavy atom. The lowest BCUT2D eigenvalue weighted by molar-refractivity contribution is 0.423. The summed E-state index contributed by atoms with van der Waals surface area (Å²) < 4.78 is 3.67. The van der Waals surface area contributed by atoms with Gasteiger partial charge >= 0.3 is 0 Å². The number of nitrogens with two attached hydrogens (primary N) is 1. The second kappa shape index (κ2) is 5.23. The monoisotopic (exact) mass is 225 g/mol. The van der Waals surface area contributed by atoms with Gasteiger partial charge in [0.15, 0.2) is 0 Å². The Bertz CT molecular complexity index is 401. The van der Waals surface area contributed by atoms with Crippen LogP contribution in [0.25, 0.3) is 0 Å². The van der Waals surface area contributed by atoms with E-state index in [9.17, 15) is 4.79 Å². The van der Waals surface area contributed by atoms with Gasteiger partial charge in [-0.05, 0) is 18.8 Å². The van der Waals surface area contributed by atoms with Crippen LogP contribution in [0.3, 0.4) is 0 Å². The summed E-state index contributed by atoms with van der Waals surface area (Å²) in [5.41, 5.74) is 7.20. The van der Waals surface area contributed by atoms with Crippen LogP contribution in [0.4, 0.5) is 5.69 Å². The average molecular weight is 225 g/mol. The molecule has 0 saturated carbocycles. The second-order valence-electron chi connectivity index (χ2n) is 4.74. The van der Waals surface area contributed by atoms with Gasteiger partial charge in [-0.2, -0.15) is 0 Å². The first-order valence-electron chi connectivity index (χ1n) is 6.03. The molecule has 4 nitrogen and oxygen atoms in total. The van der Waals surface area contributed by atoms with E-state index in [4.69, 9.17) is 5.73 Å². The van der Waals surface area contributed by atoms with Gasteiger partial charge in [0.05, 0.1) is 5.69 Å². The lowest BCUT2D eigenvalue weighted by atomic mass is 10.1. The topological polar surface area (TPSA) is 53.0 Å². The number of nitrogen functional groups attached to an aromatic ring is 1. The summed E-state index contributed by atoms with van der Waals surface area (Å²) in [6.45, 7) is 7.16. The van der Waals surface area contributed by atoms with Crippen LogP contribution in [-0.4, -0.2) is 9.36 Å². The van der Waals surface area contributed by atoms with E-state index in [1.165, 1.54) is 0 Å². The van der Waals surface area contributed by atoms with E-state index in [-0.39, 0.29) is 5.56 Å². The molecule has 16 heavy (non-hydrogen) atoms. The number of aromatic nitrogens is 2. The molecule has 1 heterocycles. The maximum absolute atomic E-state index is 11.9. The molecule has 0 atom stereocenters. The maximum Gasteiger partial charge on any atom is 0.290 e. The molecule has 1 aromatic heterocycles. The minimum absolute atomic E-state index is 0.0356. The highest BCUT2D eigenvalue weighted by atomic mass is 16.1. The smallest absolute Gasteiger partial charge is 0.290 e. The summed E-state index contributed by atoms with van der Waals surface area (Å²) in [5.74, 6) is 0.595. The van der Waals surface area contributed by atoms with Crippen molar-refractivity contribution in [2.75, 3.05) is 5.73 Å². The molecule has 1 rings (SSSR count). The molecule has 0 amide bonds. The minimum Gasteiger partial charge on any atom is -0.393 e. The SMILES string of the molecule is CCCc1c(N)c(=O)n(CCC(C)C)n1C. The molecule has 0 spiro atoms. The van der Waals surface area contributed by atoms with E-state index >= 15 is 0 Å². The van der Waals surface area contributed by atoms with E-state index in [1.54, 1.807) is 4.68 Å². The van der Waals surface area contributed by atoms with Crippen LogP contribution in [0, 0.1) is 5.92 Å². The molecule has 4 heteroatoms. The lowest BCUT2D eigenvalue weighted by Gasteiger charge is -2.10. The van der Waals surface area contributed by atoms with Crippen molar-refractivity contribution in [1.29, 1.82) is 0 Å². The summed E-state index contributed by atoms with van der Waals surface area (Å²) in [6.07, 6.45) is 2.88. The van der Waals surface area contributed by atoms with Gasteiger partial charge in [-0.25, -0.2) is 4.68 Å². The van der Waals surface area contributed by atoms with Gasteiger partial charge in [0.2, 0.25) is 0 Å². The number of rotatable bonds is 5. The molecule has 0 aromatic carbocycles. The predicted molar refractivity (Wildman–Crippen MR) is 67.5 cm³/mol. The van der Waals surface area contributed by atoms with Crippen LogP contribution < -0.4 is 11.3 Å². The molecular formula is C12H23N3O. The lowest BCUT2D eigenvalue weighted by Crippen LogP contribution is -2.23. The van der Waals surface area contributed by atoms with Crippen molar-refractivity contribution >= 4 is 5.69 Å². The van der Waals surface area contributed by atoms with Crippen molar-refractivity contribution in [1.82, 2.24) is 9.36 Å². The van der Waals surface area contributed by atoms with E-state index in [0.717, 1.165) is 31.5 Å². The predicted octanol–water partition coefficient (Wildman–Crippen LogP) is 1.77. The maximum atomic E-state index is 11.9. The Balaban J connectivity index is 3.01. The van der Waals surface area contributed by atoms with Gasteiger partial charge < -0.3 is 5.73 Å². The summed E-state index contributed by atoms with van der Waals surface area (Å²) in [4.78, 5) is 11.9. The van der Waals surface area contributed by atoms with Crippen molar-refractivity contribution in [3.8, 4) is 0 Å². The molecule has 0 aliphatic heterocycles. The highest BCUT2D eigenvalue weighted by Gasteiger charge is 2.14. The Kier molecular flexibility index (Phi) is 4.21. The average Bonchev–Trinajstić information content (AvgIpc) is 2.41. The molecule has 92 valence electrons. The largest absolute Gasteiger partial charge is 0.393 e. The van der Waals surface area contributed by atoms with E-state index < -0.39 is 0 Å². The molecule has 0 radical (unpaired) electrons. The summed E-state index contributed by atoms with van der Waals surface area (Å²) in [6, 6.07) is 0. The van der Waals surface area contributed by atoms with Gasteiger partial charge in [-0.1, -0.05) is 27.2 Å². The third kappa shape index (κ3) is 2.49. The molecule has 0 fully saturated rings. The molecular weight excluding hydrogens is 202 g/mol. The molecule has 0 aliphatic rings. The molecule has 2 N–H and O–H groups in total. The van der Waals surface area contributed by atoms with Gasteiger partial charge in [0.25, 0.3) is 5.56 Å². The number of anilines is 1. The second-order valence-corrected chi connectivity index (χ2v) is 4.74. The first-order valence-corrected chi connectivity index (χ1v) is 6.03. The molecule has 0 bridgehead atoms. The third-order valence-electron chi connectivity index (χ3n) is 2.93. The van der Waals surface area contributed by atoms with E-state index in [1.807, 2.05) is 11.7 Å². The zero-order chi connectivity index (χ0) is 12.3. The summed E-state index contributed by atoms with van der Waals surface area (Å²) in [5, 5.41) is 0. The van der Waals surface area contributed by atoms with Crippen LogP contribution in [-0.2, 0) is 20.0 Å². The van der Waals surface area contributed by atoms with Crippen LogP contribution in [0.5, 0.6) is 0 Å². The zero-order valence-electron chi connectivity index (χ0n) is 10.8. The van der Waals surface area contributed by atoms with Gasteiger partial charge in [0, 0.05) is 13.6 Å². The number of hydrogen-bond donors (Lipinski definition) is 1. The van der Waals surface area contributed by atoms with E-state index in [2.05, 4.69) is 20.8 Å². The third-order valence-corrected chi connectivity index (χ3v) is 2.93. The molecule has 0 aliphatic carbocycles. The number of nitrogens with zero attached hydrogens (tertiary/aromatic N) is 2. The molecule has 0 saturated heterocycles. The fourth-order valence-corrected chi connectivity index (χ4v) is 1.88. The van der Waals surface area contributed by atoms with Crippen molar-refractivity contribution in [2.45, 2.75) is 46.6 Å². The first kappa shape index (κ1) is 12.9. The standard InChI is InChI=1S/C12H23N3O/c1-5-6-10-11(13)12(16)15(14(10)4)8-7-9(2)3/h9H,5-8,13H2,1-4H3. The first-order chi connectivity index (χ1) is 7.49. The highest BCUT2D eigenvalue weighted by molar-refractivity contribution is 5.41. The van der Waals surface area contributed by atoms with Crippen molar-refractivity contribution in [2.24, 2.45) is 13.0 Å². The fourth-order valence-electron chi connectivity index (χ4n) is 1.88. The van der Waals surface area contributed by atoms with Crippen molar-refractivity contribution < 1.29 is 0 Å². The molecule has 1 aromatic rings. The fraction of sp³-hybridized carbons (Fsp3) is 0.750. The van der Waals surface area contributed by atoms with Gasteiger partial charge in [-0.15, -0.1) is 0 Å². The Labute approximate surface area is 97.0 Å². The Morgan fingerprint density at radius 1 is 1.38 bits per heavy atom. The quantitative estimate of drug-likeness (QED) is 0.830. The summed E-state index contributed by atoms with van der Waals surface area (Å²) in [7, 11) is 1.92. The normalized spacial score (nSPS) is 11.3. The van der Waals surface area contributed by atoms with Crippen molar-refractivity contribution in [3.05, 3.63) is 16.0 Å². The van der Waals surface area contributed by atoms with E-state index in [0.29, 0.717) is 11.6 Å². The highest BCUT2D eigenvalue weighted by Crippen LogP contribution is 2.11. The van der Waals surface area contributed by atoms with Crippen LogP contribution in [0.15, 0.2) is 4.79 Å². The Hall–Kier alpha value is -1.19.